The van der Waals surface area contributed by atoms with Gasteiger partial charge in [-0.25, -0.2) is 0 Å². The molecule has 1 unspecified atom stereocenters. The highest BCUT2D eigenvalue weighted by atomic mass is 32.1. The maximum Gasteiger partial charge on any atom is 0.258 e. The maximum absolute atomic E-state index is 5.83. The summed E-state index contributed by atoms with van der Waals surface area (Å²) >= 11 is 5.81. The number of aromatic nitrogens is 2. The molecule has 1 aliphatic heterocycles. The Labute approximate surface area is 203 Å². The normalized spacial score (nSPS) is 15.9. The van der Waals surface area contributed by atoms with Crippen LogP contribution in [0.5, 0.6) is 5.75 Å². The van der Waals surface area contributed by atoms with E-state index in [-0.39, 0.29) is 6.04 Å². The molecule has 34 heavy (non-hydrogen) atoms. The number of anilines is 1. The number of nitrogens with zero attached hydrogens (tertiary/aromatic N) is 3. The first kappa shape index (κ1) is 21.9. The second-order valence-electron chi connectivity index (χ2n) is 8.12. The summed E-state index contributed by atoms with van der Waals surface area (Å²) in [6.07, 6.45) is 0. The highest BCUT2D eigenvalue weighted by Crippen LogP contribution is 2.39. The maximum atomic E-state index is 5.83. The van der Waals surface area contributed by atoms with Gasteiger partial charge in [-0.05, 0) is 62.0 Å². The van der Waals surface area contributed by atoms with Gasteiger partial charge in [0, 0.05) is 16.9 Å². The van der Waals surface area contributed by atoms with E-state index in [1.54, 1.807) is 7.11 Å². The Hall–Kier alpha value is -3.97. The molecule has 0 amide bonds. The molecule has 0 spiro atoms. The van der Waals surface area contributed by atoms with E-state index in [1.165, 1.54) is 0 Å². The lowest BCUT2D eigenvalue weighted by Crippen LogP contribution is -2.46. The zero-order valence-corrected chi connectivity index (χ0v) is 20.0. The van der Waals surface area contributed by atoms with E-state index >= 15 is 0 Å². The summed E-state index contributed by atoms with van der Waals surface area (Å²) in [7, 11) is 1.65. The van der Waals surface area contributed by atoms with Crippen LogP contribution in [0, 0.1) is 6.92 Å². The first-order valence-corrected chi connectivity index (χ1v) is 11.4. The molecule has 1 aromatic heterocycles. The number of allylic oxidation sites excluding steroid dienone is 1. The summed E-state index contributed by atoms with van der Waals surface area (Å²) in [5.41, 5.74) is 5.82. The molecule has 0 saturated heterocycles. The van der Waals surface area contributed by atoms with Crippen molar-refractivity contribution in [2.24, 2.45) is 0 Å². The molecule has 6 nitrogen and oxygen atoms in total. The number of hydrogen-bond donors (Lipinski definition) is 1. The van der Waals surface area contributed by atoms with Gasteiger partial charge in [0.1, 0.15) is 5.75 Å². The molecule has 1 N–H and O–H groups in total. The van der Waals surface area contributed by atoms with Crippen molar-refractivity contribution in [2.45, 2.75) is 19.9 Å². The molecule has 170 valence electrons. The Morgan fingerprint density at radius 1 is 0.971 bits per heavy atom. The highest BCUT2D eigenvalue weighted by molar-refractivity contribution is 7.80. The standard InChI is InChI=1S/C27H24N4O2S/c1-17-8-7-11-20(16-17)25-29-26(33-30-25)23-18(2)31(21-12-14-22(32-3)15-13-21)27(34)28-24(23)19-9-5-4-6-10-19/h4-16,24H,1-3H3,(H,28,34). The molecule has 3 aromatic carbocycles. The van der Waals surface area contributed by atoms with Crippen LogP contribution in [0.1, 0.15) is 30.0 Å². The summed E-state index contributed by atoms with van der Waals surface area (Å²) in [5.74, 6) is 1.79. The van der Waals surface area contributed by atoms with Crippen molar-refractivity contribution in [3.05, 3.63) is 102 Å². The average molecular weight is 469 g/mol. The van der Waals surface area contributed by atoms with Gasteiger partial charge in [-0.15, -0.1) is 0 Å². The molecule has 1 atom stereocenters. The molecule has 5 rings (SSSR count). The number of benzene rings is 3. The van der Waals surface area contributed by atoms with Crippen LogP contribution in [-0.2, 0) is 0 Å². The van der Waals surface area contributed by atoms with Crippen LogP contribution >= 0.6 is 12.2 Å². The molecule has 0 bridgehead atoms. The van der Waals surface area contributed by atoms with Crippen LogP contribution in [0.4, 0.5) is 5.69 Å². The minimum atomic E-state index is -0.228. The van der Waals surface area contributed by atoms with Crippen LogP contribution in [0.2, 0.25) is 0 Å². The van der Waals surface area contributed by atoms with Gasteiger partial charge in [-0.3, -0.25) is 4.90 Å². The van der Waals surface area contributed by atoms with Crippen LogP contribution in [0.15, 0.2) is 89.1 Å². The molecule has 0 aliphatic carbocycles. The van der Waals surface area contributed by atoms with E-state index in [9.17, 15) is 0 Å². The Bertz CT molecular complexity index is 1360. The van der Waals surface area contributed by atoms with Crippen LogP contribution in [-0.4, -0.2) is 22.4 Å². The SMILES string of the molecule is COc1ccc(N2C(=S)NC(c3ccccc3)C(c3nc(-c4cccc(C)c4)no3)=C2C)cc1. The summed E-state index contributed by atoms with van der Waals surface area (Å²) in [5, 5.41) is 8.37. The van der Waals surface area contributed by atoms with E-state index in [0.29, 0.717) is 16.8 Å². The number of nitrogens with one attached hydrogen (secondary N) is 1. The molecule has 0 fully saturated rings. The van der Waals surface area contributed by atoms with E-state index < -0.39 is 0 Å². The summed E-state index contributed by atoms with van der Waals surface area (Å²) in [4.78, 5) is 6.77. The Morgan fingerprint density at radius 3 is 2.44 bits per heavy atom. The fraction of sp³-hybridized carbons (Fsp3) is 0.148. The number of thiocarbonyl (C=S) groups is 1. The second-order valence-corrected chi connectivity index (χ2v) is 8.51. The quantitative estimate of drug-likeness (QED) is 0.365. The smallest absolute Gasteiger partial charge is 0.258 e. The van der Waals surface area contributed by atoms with E-state index in [0.717, 1.165) is 39.4 Å². The van der Waals surface area contributed by atoms with Gasteiger partial charge in [-0.1, -0.05) is 59.3 Å². The minimum absolute atomic E-state index is 0.228. The van der Waals surface area contributed by atoms with Gasteiger partial charge in [0.2, 0.25) is 5.82 Å². The van der Waals surface area contributed by atoms with Gasteiger partial charge < -0.3 is 14.6 Å². The first-order valence-electron chi connectivity index (χ1n) is 11.0. The van der Waals surface area contributed by atoms with Crippen LogP contribution in [0.25, 0.3) is 17.0 Å². The molecule has 0 radical (unpaired) electrons. The molecular formula is C27H24N4O2S. The van der Waals surface area contributed by atoms with Gasteiger partial charge in [-0.2, -0.15) is 4.98 Å². The monoisotopic (exact) mass is 468 g/mol. The number of methoxy groups -OCH3 is 1. The van der Waals surface area contributed by atoms with Crippen molar-refractivity contribution in [1.29, 1.82) is 0 Å². The lowest BCUT2D eigenvalue weighted by atomic mass is 9.94. The van der Waals surface area contributed by atoms with Crippen molar-refractivity contribution < 1.29 is 9.26 Å². The van der Waals surface area contributed by atoms with Crippen molar-refractivity contribution in [1.82, 2.24) is 15.5 Å². The van der Waals surface area contributed by atoms with E-state index in [1.807, 2.05) is 85.5 Å². The minimum Gasteiger partial charge on any atom is -0.497 e. The molecule has 2 heterocycles. The largest absolute Gasteiger partial charge is 0.497 e. The number of rotatable bonds is 5. The topological polar surface area (TPSA) is 63.4 Å². The van der Waals surface area contributed by atoms with Gasteiger partial charge in [0.05, 0.1) is 18.7 Å². The first-order chi connectivity index (χ1) is 16.5. The van der Waals surface area contributed by atoms with Crippen molar-refractivity contribution in [2.75, 3.05) is 12.0 Å². The molecule has 4 aromatic rings. The van der Waals surface area contributed by atoms with Gasteiger partial charge in [0.25, 0.3) is 5.89 Å². The van der Waals surface area contributed by atoms with Crippen molar-refractivity contribution in [3.63, 3.8) is 0 Å². The fourth-order valence-electron chi connectivity index (χ4n) is 4.19. The third-order valence-electron chi connectivity index (χ3n) is 5.88. The summed E-state index contributed by atoms with van der Waals surface area (Å²) in [6.45, 7) is 4.07. The molecule has 7 heteroatoms. The number of aryl methyl sites for hydroxylation is 1. The predicted molar refractivity (Wildman–Crippen MR) is 137 cm³/mol. The third-order valence-corrected chi connectivity index (χ3v) is 6.18. The Kier molecular flexibility index (Phi) is 5.86. The lowest BCUT2D eigenvalue weighted by molar-refractivity contribution is 0.404. The number of hydrogen-bond acceptors (Lipinski definition) is 5. The second kappa shape index (κ2) is 9.11. The fourth-order valence-corrected chi connectivity index (χ4v) is 4.55. The van der Waals surface area contributed by atoms with Crippen LogP contribution < -0.4 is 15.0 Å². The summed E-state index contributed by atoms with van der Waals surface area (Å²) < 4.78 is 11.1. The Morgan fingerprint density at radius 2 is 1.74 bits per heavy atom. The summed E-state index contributed by atoms with van der Waals surface area (Å²) in [6, 6.07) is 25.7. The molecule has 1 aliphatic rings. The van der Waals surface area contributed by atoms with Crippen molar-refractivity contribution >= 4 is 28.6 Å². The highest BCUT2D eigenvalue weighted by Gasteiger charge is 2.34. The van der Waals surface area contributed by atoms with Gasteiger partial charge in [0.15, 0.2) is 5.11 Å². The van der Waals surface area contributed by atoms with Crippen molar-refractivity contribution in [3.8, 4) is 17.1 Å². The zero-order valence-electron chi connectivity index (χ0n) is 19.1. The van der Waals surface area contributed by atoms with E-state index in [2.05, 4.69) is 22.6 Å². The van der Waals surface area contributed by atoms with E-state index in [4.69, 9.17) is 26.5 Å². The Balaban J connectivity index is 1.64. The molecular weight excluding hydrogens is 444 g/mol. The van der Waals surface area contributed by atoms with Gasteiger partial charge >= 0.3 is 0 Å². The molecule has 0 saturated carbocycles. The predicted octanol–water partition coefficient (Wildman–Crippen LogP) is 5.92. The van der Waals surface area contributed by atoms with Crippen LogP contribution in [0.3, 0.4) is 0 Å². The zero-order chi connectivity index (χ0) is 23.7. The lowest BCUT2D eigenvalue weighted by Gasteiger charge is -2.37. The average Bonchev–Trinajstić information content (AvgIpc) is 3.34. The number of ether oxygens (including phenoxy) is 1. The third kappa shape index (κ3) is 4.06.